The highest BCUT2D eigenvalue weighted by Gasteiger charge is 2.11. The van der Waals surface area contributed by atoms with Crippen molar-refractivity contribution in [2.75, 3.05) is 7.11 Å². The van der Waals surface area contributed by atoms with Crippen molar-refractivity contribution >= 4 is 11.4 Å². The van der Waals surface area contributed by atoms with Gasteiger partial charge in [0.05, 0.1) is 5.69 Å². The Balaban J connectivity index is 2.18. The normalized spacial score (nSPS) is 12.2. The van der Waals surface area contributed by atoms with Crippen molar-refractivity contribution < 1.29 is 9.68 Å². The molecule has 0 radical (unpaired) electrons. The molecule has 0 aliphatic heterocycles. The van der Waals surface area contributed by atoms with Crippen LogP contribution in [0.1, 0.15) is 25.8 Å². The third-order valence-electron chi connectivity index (χ3n) is 3.45. The smallest absolute Gasteiger partial charge is 0.368 e. The van der Waals surface area contributed by atoms with Crippen LogP contribution in [0.3, 0.4) is 0 Å². The van der Waals surface area contributed by atoms with Crippen molar-refractivity contribution in [3.05, 3.63) is 52.5 Å². The lowest BCUT2D eigenvalue weighted by Gasteiger charge is -2.08. The van der Waals surface area contributed by atoms with Gasteiger partial charge >= 0.3 is 5.69 Å². The van der Waals surface area contributed by atoms with E-state index in [9.17, 15) is 4.79 Å². The third-order valence-corrected chi connectivity index (χ3v) is 3.45. The zero-order chi connectivity index (χ0) is 19.1. The maximum Gasteiger partial charge on any atom is 0.368 e. The first-order valence-corrected chi connectivity index (χ1v) is 7.92. The molecule has 0 amide bonds. The van der Waals surface area contributed by atoms with Crippen molar-refractivity contribution in [3.8, 4) is 5.69 Å². The number of nitrogens with zero attached hydrogens (tertiary/aromatic N) is 6. The standard InChI is InChI=1S/C17H22N6O3/c1-12(2)10-15(19-25-5)13(3)18-26-11-14-8-6-7-9-16(14)23-17(24)22(4)20-21-23/h6-9H,1,10-11H2,2-5H3/b18-13+,19-15+. The number of allylic oxidation sites excluding steroid dienone is 1. The third kappa shape index (κ3) is 4.65. The summed E-state index contributed by atoms with van der Waals surface area (Å²) in [7, 11) is 3.01. The van der Waals surface area contributed by atoms with Gasteiger partial charge in [0.2, 0.25) is 0 Å². The van der Waals surface area contributed by atoms with Gasteiger partial charge in [-0.05, 0) is 30.3 Å². The Morgan fingerprint density at radius 2 is 1.96 bits per heavy atom. The minimum absolute atomic E-state index is 0.157. The fraction of sp³-hybridized carbons (Fsp3) is 0.353. The molecule has 138 valence electrons. The van der Waals surface area contributed by atoms with E-state index >= 15 is 0 Å². The summed E-state index contributed by atoms with van der Waals surface area (Å²) in [4.78, 5) is 22.4. The van der Waals surface area contributed by atoms with Gasteiger partial charge < -0.3 is 9.68 Å². The molecule has 0 atom stereocenters. The Kier molecular flexibility index (Phi) is 6.42. The second-order valence-corrected chi connectivity index (χ2v) is 5.73. The van der Waals surface area contributed by atoms with Gasteiger partial charge in [0.15, 0.2) is 0 Å². The van der Waals surface area contributed by atoms with E-state index in [2.05, 4.69) is 27.3 Å². The van der Waals surface area contributed by atoms with E-state index in [1.54, 1.807) is 13.0 Å². The summed E-state index contributed by atoms with van der Waals surface area (Å²) >= 11 is 0. The van der Waals surface area contributed by atoms with E-state index in [1.807, 2.05) is 25.1 Å². The second-order valence-electron chi connectivity index (χ2n) is 5.73. The fourth-order valence-electron chi connectivity index (χ4n) is 2.18. The highest BCUT2D eigenvalue weighted by atomic mass is 16.6. The topological polar surface area (TPSA) is 95.9 Å². The molecule has 0 saturated heterocycles. The molecule has 2 aromatic rings. The summed E-state index contributed by atoms with van der Waals surface area (Å²) in [5.41, 5.74) is 3.15. The van der Waals surface area contributed by atoms with Crippen LogP contribution in [0, 0.1) is 0 Å². The lowest BCUT2D eigenvalue weighted by Crippen LogP contribution is -2.22. The molecule has 0 bridgehead atoms. The molecule has 1 aromatic carbocycles. The molecule has 9 nitrogen and oxygen atoms in total. The maximum atomic E-state index is 12.1. The van der Waals surface area contributed by atoms with Crippen LogP contribution >= 0.6 is 0 Å². The zero-order valence-corrected chi connectivity index (χ0v) is 15.3. The molecule has 0 saturated carbocycles. The van der Waals surface area contributed by atoms with E-state index in [0.29, 0.717) is 23.5 Å². The molecule has 0 N–H and O–H groups in total. The van der Waals surface area contributed by atoms with Crippen molar-refractivity contribution in [3.63, 3.8) is 0 Å². The monoisotopic (exact) mass is 358 g/mol. The second kappa shape index (κ2) is 8.75. The number of tetrazole rings is 1. The van der Waals surface area contributed by atoms with Crippen molar-refractivity contribution in [1.82, 2.24) is 19.8 Å². The zero-order valence-electron chi connectivity index (χ0n) is 15.3. The molecule has 1 aromatic heterocycles. The van der Waals surface area contributed by atoms with Gasteiger partial charge in [0, 0.05) is 19.0 Å². The minimum Gasteiger partial charge on any atom is -0.399 e. The lowest BCUT2D eigenvalue weighted by atomic mass is 10.1. The molecule has 26 heavy (non-hydrogen) atoms. The molecular formula is C17H22N6O3. The molecule has 9 heteroatoms. The van der Waals surface area contributed by atoms with Gasteiger partial charge in [-0.2, -0.15) is 9.36 Å². The predicted molar refractivity (Wildman–Crippen MR) is 98.4 cm³/mol. The van der Waals surface area contributed by atoms with Crippen LogP contribution in [0.25, 0.3) is 5.69 Å². The summed E-state index contributed by atoms with van der Waals surface area (Å²) in [6, 6.07) is 7.26. The SMILES string of the molecule is C=C(C)CC(=N\OC)/C(C)=N/OCc1ccccc1-n1nnn(C)c1=O. The highest BCUT2D eigenvalue weighted by Crippen LogP contribution is 2.13. The Morgan fingerprint density at radius 3 is 2.58 bits per heavy atom. The Morgan fingerprint density at radius 1 is 1.23 bits per heavy atom. The molecule has 0 aliphatic carbocycles. The lowest BCUT2D eigenvalue weighted by molar-refractivity contribution is 0.130. The van der Waals surface area contributed by atoms with Gasteiger partial charge in [-0.3, -0.25) is 0 Å². The summed E-state index contributed by atoms with van der Waals surface area (Å²) < 4.78 is 2.37. The number of hydrogen-bond donors (Lipinski definition) is 0. The fourth-order valence-corrected chi connectivity index (χ4v) is 2.18. The summed E-state index contributed by atoms with van der Waals surface area (Å²) in [5.74, 6) is 0. The molecule has 0 unspecified atom stereocenters. The number of aryl methyl sites for hydroxylation is 1. The van der Waals surface area contributed by atoms with E-state index in [0.717, 1.165) is 15.8 Å². The Labute approximate surface area is 151 Å². The van der Waals surface area contributed by atoms with Crippen LogP contribution in [0.5, 0.6) is 0 Å². The maximum absolute atomic E-state index is 12.1. The predicted octanol–water partition coefficient (Wildman–Crippen LogP) is 1.83. The van der Waals surface area contributed by atoms with Crippen LogP contribution in [-0.2, 0) is 23.3 Å². The number of para-hydroxylation sites is 1. The van der Waals surface area contributed by atoms with Crippen molar-refractivity contribution in [2.24, 2.45) is 17.4 Å². The van der Waals surface area contributed by atoms with Gasteiger partial charge in [0.1, 0.15) is 25.1 Å². The van der Waals surface area contributed by atoms with Crippen LogP contribution in [-0.4, -0.2) is 38.3 Å². The van der Waals surface area contributed by atoms with Crippen molar-refractivity contribution in [2.45, 2.75) is 26.9 Å². The van der Waals surface area contributed by atoms with E-state index in [1.165, 1.54) is 18.8 Å². The quantitative estimate of drug-likeness (QED) is 0.407. The molecule has 0 fully saturated rings. The van der Waals surface area contributed by atoms with Crippen LogP contribution in [0.4, 0.5) is 0 Å². The molecule has 1 heterocycles. The average molecular weight is 358 g/mol. The van der Waals surface area contributed by atoms with Gasteiger partial charge in [0.25, 0.3) is 0 Å². The van der Waals surface area contributed by atoms with Gasteiger partial charge in [-0.15, -0.1) is 0 Å². The first kappa shape index (κ1) is 19.1. The van der Waals surface area contributed by atoms with Crippen molar-refractivity contribution in [1.29, 1.82) is 0 Å². The van der Waals surface area contributed by atoms with Crippen LogP contribution in [0.15, 0.2) is 51.5 Å². The summed E-state index contributed by atoms with van der Waals surface area (Å²) in [6.07, 6.45) is 0.540. The number of aromatic nitrogens is 4. The largest absolute Gasteiger partial charge is 0.399 e. The molecule has 2 rings (SSSR count). The summed E-state index contributed by atoms with van der Waals surface area (Å²) in [6.45, 7) is 7.69. The summed E-state index contributed by atoms with van der Waals surface area (Å²) in [5, 5.41) is 15.6. The van der Waals surface area contributed by atoms with E-state index in [4.69, 9.17) is 9.68 Å². The Bertz CT molecular complexity index is 894. The van der Waals surface area contributed by atoms with E-state index < -0.39 is 0 Å². The van der Waals surface area contributed by atoms with E-state index in [-0.39, 0.29) is 12.3 Å². The first-order chi connectivity index (χ1) is 12.4. The van der Waals surface area contributed by atoms with Crippen LogP contribution < -0.4 is 5.69 Å². The number of benzene rings is 1. The number of oxime groups is 2. The molecule has 0 spiro atoms. The van der Waals surface area contributed by atoms with Gasteiger partial charge in [-0.25, -0.2) is 4.79 Å². The first-order valence-electron chi connectivity index (χ1n) is 7.92. The Hall–Kier alpha value is -3.23. The average Bonchev–Trinajstić information content (AvgIpc) is 2.93. The number of hydrogen-bond acceptors (Lipinski definition) is 7. The molecule has 0 aliphatic rings. The highest BCUT2D eigenvalue weighted by molar-refractivity contribution is 6.41. The van der Waals surface area contributed by atoms with Crippen LogP contribution in [0.2, 0.25) is 0 Å². The number of rotatable bonds is 8. The van der Waals surface area contributed by atoms with Gasteiger partial charge in [-0.1, -0.05) is 40.7 Å². The minimum atomic E-state index is -0.340. The molecular weight excluding hydrogens is 336 g/mol.